The van der Waals surface area contributed by atoms with E-state index < -0.39 is 10.0 Å². The van der Waals surface area contributed by atoms with Crippen molar-refractivity contribution in [2.24, 2.45) is 0 Å². The van der Waals surface area contributed by atoms with Crippen molar-refractivity contribution < 1.29 is 13.2 Å². The van der Waals surface area contributed by atoms with Crippen molar-refractivity contribution >= 4 is 21.6 Å². The fourth-order valence-corrected chi connectivity index (χ4v) is 4.11. The van der Waals surface area contributed by atoms with E-state index in [1.807, 2.05) is 37.3 Å². The number of sulfonamides is 1. The molecule has 0 saturated carbocycles. The van der Waals surface area contributed by atoms with Crippen molar-refractivity contribution in [3.63, 3.8) is 0 Å². The Morgan fingerprint density at radius 2 is 1.59 bits per heavy atom. The molecule has 150 valence electrons. The van der Waals surface area contributed by atoms with E-state index in [9.17, 15) is 13.2 Å². The lowest BCUT2D eigenvalue weighted by molar-refractivity contribution is 0.0785. The molecule has 0 spiro atoms. The molecule has 1 amide bonds. The van der Waals surface area contributed by atoms with Crippen LogP contribution in [0.15, 0.2) is 77.7 Å². The average molecular weight is 409 g/mol. The summed E-state index contributed by atoms with van der Waals surface area (Å²) in [6.45, 7) is 4.18. The van der Waals surface area contributed by atoms with Gasteiger partial charge in [-0.3, -0.25) is 9.52 Å². The summed E-state index contributed by atoms with van der Waals surface area (Å²) >= 11 is 0. The molecule has 0 radical (unpaired) electrons. The number of rotatable bonds is 6. The molecule has 0 aliphatic carbocycles. The highest BCUT2D eigenvalue weighted by Gasteiger charge is 2.17. The third kappa shape index (κ3) is 5.03. The van der Waals surface area contributed by atoms with Gasteiger partial charge in [0.15, 0.2) is 0 Å². The maximum Gasteiger partial charge on any atom is 0.261 e. The summed E-state index contributed by atoms with van der Waals surface area (Å²) in [7, 11) is -1.94. The summed E-state index contributed by atoms with van der Waals surface area (Å²) < 4.78 is 27.8. The predicted octanol–water partition coefficient (Wildman–Crippen LogP) is 4.38. The van der Waals surface area contributed by atoms with Crippen LogP contribution < -0.4 is 4.72 Å². The van der Waals surface area contributed by atoms with Gasteiger partial charge in [0.25, 0.3) is 15.9 Å². The molecule has 0 bridgehead atoms. The Morgan fingerprint density at radius 3 is 2.21 bits per heavy atom. The summed E-state index contributed by atoms with van der Waals surface area (Å²) in [5, 5.41) is 0. The van der Waals surface area contributed by atoms with Gasteiger partial charge in [0, 0.05) is 19.2 Å². The lowest BCUT2D eigenvalue weighted by atomic mass is 10.1. The molecular weight excluding hydrogens is 384 g/mol. The minimum absolute atomic E-state index is 0.120. The maximum atomic E-state index is 12.7. The van der Waals surface area contributed by atoms with E-state index in [1.165, 1.54) is 0 Å². The molecule has 0 aliphatic heterocycles. The minimum Gasteiger partial charge on any atom is -0.337 e. The number of hydrogen-bond acceptors (Lipinski definition) is 3. The molecule has 0 fully saturated rings. The summed E-state index contributed by atoms with van der Waals surface area (Å²) in [5.74, 6) is -0.120. The fourth-order valence-electron chi connectivity index (χ4n) is 2.98. The smallest absolute Gasteiger partial charge is 0.261 e. The van der Waals surface area contributed by atoms with Gasteiger partial charge in [0.05, 0.1) is 10.6 Å². The van der Waals surface area contributed by atoms with Crippen LogP contribution in [0.25, 0.3) is 0 Å². The van der Waals surface area contributed by atoms with Gasteiger partial charge in [-0.1, -0.05) is 48.0 Å². The Kier molecular flexibility index (Phi) is 6.03. The van der Waals surface area contributed by atoms with Crippen LogP contribution in [-0.2, 0) is 16.6 Å². The van der Waals surface area contributed by atoms with Crippen molar-refractivity contribution in [3.8, 4) is 0 Å². The van der Waals surface area contributed by atoms with Crippen LogP contribution in [0, 0.1) is 13.8 Å². The van der Waals surface area contributed by atoms with Crippen LogP contribution in [0.2, 0.25) is 0 Å². The van der Waals surface area contributed by atoms with Crippen LogP contribution >= 0.6 is 0 Å². The van der Waals surface area contributed by atoms with Gasteiger partial charge in [0.1, 0.15) is 0 Å². The lowest BCUT2D eigenvalue weighted by Crippen LogP contribution is -2.26. The quantitative estimate of drug-likeness (QED) is 0.658. The second-order valence-corrected chi connectivity index (χ2v) is 8.78. The largest absolute Gasteiger partial charge is 0.337 e. The zero-order chi connectivity index (χ0) is 21.0. The van der Waals surface area contributed by atoms with Crippen LogP contribution in [-0.4, -0.2) is 26.3 Å². The number of carbonyl (C=O) groups excluding carboxylic acids is 1. The zero-order valence-corrected chi connectivity index (χ0v) is 17.5. The third-order valence-electron chi connectivity index (χ3n) is 4.66. The van der Waals surface area contributed by atoms with Crippen LogP contribution in [0.5, 0.6) is 0 Å². The monoisotopic (exact) mass is 408 g/mol. The number of anilines is 1. The van der Waals surface area contributed by atoms with E-state index >= 15 is 0 Å². The van der Waals surface area contributed by atoms with E-state index in [0.29, 0.717) is 23.4 Å². The summed E-state index contributed by atoms with van der Waals surface area (Å²) in [5.41, 5.74) is 3.68. The van der Waals surface area contributed by atoms with Gasteiger partial charge in [-0.05, 0) is 55.3 Å². The highest BCUT2D eigenvalue weighted by Crippen LogP contribution is 2.22. The molecule has 1 N–H and O–H groups in total. The Morgan fingerprint density at radius 1 is 0.931 bits per heavy atom. The normalized spacial score (nSPS) is 11.1. The first-order valence-corrected chi connectivity index (χ1v) is 10.7. The first-order chi connectivity index (χ1) is 13.8. The second-order valence-electron chi connectivity index (χ2n) is 7.10. The molecule has 5 nitrogen and oxygen atoms in total. The predicted molar refractivity (Wildman–Crippen MR) is 115 cm³/mol. The molecular formula is C23H24N2O3S. The van der Waals surface area contributed by atoms with Crippen molar-refractivity contribution in [3.05, 3.63) is 95.1 Å². The molecule has 3 rings (SSSR count). The first-order valence-electron chi connectivity index (χ1n) is 9.26. The number of nitrogens with zero attached hydrogens (tertiary/aromatic N) is 1. The molecule has 29 heavy (non-hydrogen) atoms. The van der Waals surface area contributed by atoms with Gasteiger partial charge in [-0.2, -0.15) is 0 Å². The highest BCUT2D eigenvalue weighted by atomic mass is 32.2. The molecule has 3 aromatic carbocycles. The molecule has 0 heterocycles. The molecule has 0 atom stereocenters. The zero-order valence-electron chi connectivity index (χ0n) is 16.7. The number of aryl methyl sites for hydroxylation is 2. The number of carbonyl (C=O) groups is 1. The molecule has 0 aliphatic rings. The number of benzene rings is 3. The van der Waals surface area contributed by atoms with Gasteiger partial charge < -0.3 is 4.90 Å². The van der Waals surface area contributed by atoms with Crippen molar-refractivity contribution in [2.75, 3.05) is 11.8 Å². The Balaban J connectivity index is 1.76. The Hall–Kier alpha value is -3.12. The van der Waals surface area contributed by atoms with Crippen LogP contribution in [0.4, 0.5) is 5.69 Å². The summed E-state index contributed by atoms with van der Waals surface area (Å²) in [6.07, 6.45) is 0. The van der Waals surface area contributed by atoms with Crippen molar-refractivity contribution in [1.29, 1.82) is 0 Å². The van der Waals surface area contributed by atoms with Gasteiger partial charge in [-0.15, -0.1) is 0 Å². The van der Waals surface area contributed by atoms with E-state index in [4.69, 9.17) is 0 Å². The van der Waals surface area contributed by atoms with Gasteiger partial charge in [-0.25, -0.2) is 8.42 Å². The standard InChI is InChI=1S/C23H24N2O3S/c1-17-9-12-21(13-10-17)29(27,28)24-22-14-11-20(15-18(22)2)23(26)25(3)16-19-7-5-4-6-8-19/h4-15,24H,16H2,1-3H3. The first kappa shape index (κ1) is 20.6. The van der Waals surface area contributed by atoms with Gasteiger partial charge >= 0.3 is 0 Å². The highest BCUT2D eigenvalue weighted by molar-refractivity contribution is 7.92. The van der Waals surface area contributed by atoms with Crippen LogP contribution in [0.1, 0.15) is 27.0 Å². The van der Waals surface area contributed by atoms with Crippen LogP contribution in [0.3, 0.4) is 0 Å². The summed E-state index contributed by atoms with van der Waals surface area (Å²) in [6, 6.07) is 21.4. The fraction of sp³-hybridized carbons (Fsp3) is 0.174. The topological polar surface area (TPSA) is 66.5 Å². The average Bonchev–Trinajstić information content (AvgIpc) is 2.70. The minimum atomic E-state index is -3.69. The lowest BCUT2D eigenvalue weighted by Gasteiger charge is -2.18. The van der Waals surface area contributed by atoms with E-state index in [1.54, 1.807) is 61.3 Å². The van der Waals surface area contributed by atoms with Crippen molar-refractivity contribution in [2.45, 2.75) is 25.3 Å². The van der Waals surface area contributed by atoms with Crippen molar-refractivity contribution in [1.82, 2.24) is 4.90 Å². The van der Waals surface area contributed by atoms with E-state index in [-0.39, 0.29) is 10.8 Å². The van der Waals surface area contributed by atoms with E-state index in [0.717, 1.165) is 11.1 Å². The maximum absolute atomic E-state index is 12.7. The second kappa shape index (κ2) is 8.49. The third-order valence-corrected chi connectivity index (χ3v) is 6.04. The molecule has 6 heteroatoms. The SMILES string of the molecule is Cc1ccc(S(=O)(=O)Nc2ccc(C(=O)N(C)Cc3ccccc3)cc2C)cc1. The summed E-state index contributed by atoms with van der Waals surface area (Å²) in [4.78, 5) is 14.6. The Labute approximate surface area is 172 Å². The Bertz CT molecular complexity index is 1110. The number of nitrogens with one attached hydrogen (secondary N) is 1. The molecule has 3 aromatic rings. The molecule has 0 saturated heterocycles. The molecule has 0 aromatic heterocycles. The number of hydrogen-bond donors (Lipinski definition) is 1. The van der Waals surface area contributed by atoms with Gasteiger partial charge in [0.2, 0.25) is 0 Å². The van der Waals surface area contributed by atoms with E-state index in [2.05, 4.69) is 4.72 Å². The number of amides is 1. The molecule has 0 unspecified atom stereocenters.